The maximum atomic E-state index is 11.5. The number of hydrogen-bond donors (Lipinski definition) is 0. The highest BCUT2D eigenvalue weighted by Crippen LogP contribution is 2.34. The molecule has 3 rings (SSSR count). The molecule has 158 valence electrons. The highest BCUT2D eigenvalue weighted by Gasteiger charge is 2.22. The van der Waals surface area contributed by atoms with Gasteiger partial charge in [-0.1, -0.05) is 13.0 Å². The Morgan fingerprint density at radius 2 is 1.93 bits per heavy atom. The first-order chi connectivity index (χ1) is 14.6. The van der Waals surface area contributed by atoms with Gasteiger partial charge < -0.3 is 19.1 Å². The van der Waals surface area contributed by atoms with E-state index in [-0.39, 0.29) is 12.1 Å². The number of rotatable bonds is 7. The molecule has 2 heterocycles. The Morgan fingerprint density at radius 3 is 2.57 bits per heavy atom. The molecule has 0 amide bonds. The van der Waals surface area contributed by atoms with E-state index in [1.807, 2.05) is 37.3 Å². The van der Waals surface area contributed by atoms with Gasteiger partial charge in [-0.2, -0.15) is 0 Å². The number of hydrogen-bond acceptors (Lipinski definition) is 6. The Morgan fingerprint density at radius 1 is 1.20 bits per heavy atom. The number of methoxy groups -OCH3 is 2. The smallest absolute Gasteiger partial charge is 0.305 e. The van der Waals surface area contributed by atoms with Gasteiger partial charge in [0.2, 0.25) is 0 Å². The van der Waals surface area contributed by atoms with Crippen LogP contribution in [0.15, 0.2) is 30.3 Å². The molecule has 6 nitrogen and oxygen atoms in total. The third-order valence-corrected chi connectivity index (χ3v) is 6.12. The van der Waals surface area contributed by atoms with E-state index in [9.17, 15) is 4.79 Å². The average Bonchev–Trinajstić information content (AvgIpc) is 3.26. The topological polar surface area (TPSA) is 52.4 Å². The Balaban J connectivity index is 1.70. The van der Waals surface area contributed by atoms with Gasteiger partial charge in [-0.15, -0.1) is 11.3 Å². The maximum absolute atomic E-state index is 11.5. The number of esters is 1. The minimum atomic E-state index is -0.126. The van der Waals surface area contributed by atoms with Crippen LogP contribution in [0.3, 0.4) is 0 Å². The van der Waals surface area contributed by atoms with Crippen LogP contribution in [0.4, 0.5) is 5.00 Å². The molecule has 0 atom stereocenters. The molecule has 7 heteroatoms. The maximum Gasteiger partial charge on any atom is 0.305 e. The second-order valence-electron chi connectivity index (χ2n) is 6.92. The fraction of sp³-hybridized carbons (Fsp3) is 0.391. The summed E-state index contributed by atoms with van der Waals surface area (Å²) in [6, 6.07) is 9.62. The van der Waals surface area contributed by atoms with Crippen molar-refractivity contribution in [3.8, 4) is 11.5 Å². The van der Waals surface area contributed by atoms with Crippen molar-refractivity contribution >= 4 is 34.1 Å². The molecule has 1 aliphatic rings. The van der Waals surface area contributed by atoms with E-state index >= 15 is 0 Å². The second-order valence-corrected chi connectivity index (χ2v) is 8.01. The van der Waals surface area contributed by atoms with Crippen molar-refractivity contribution in [3.63, 3.8) is 0 Å². The van der Waals surface area contributed by atoms with Crippen molar-refractivity contribution in [2.24, 2.45) is 0 Å². The number of thiophene rings is 1. The molecular formula is C23H26N2O4S. The molecule has 2 aromatic rings. The predicted octanol–water partition coefficient (Wildman–Crippen LogP) is 5.10. The number of benzene rings is 1. The number of nitrogens with zero attached hydrogens (tertiary/aromatic N) is 2. The number of ether oxygens (including phenoxy) is 3. The minimum Gasteiger partial charge on any atom is -0.493 e. The number of carbonyl (C=O) groups is 1. The Bertz CT molecular complexity index is 952. The summed E-state index contributed by atoms with van der Waals surface area (Å²) in [5, 5.41) is 1.16. The largest absolute Gasteiger partial charge is 0.493 e. The molecule has 0 radical (unpaired) electrons. The van der Waals surface area contributed by atoms with Crippen molar-refractivity contribution in [1.82, 2.24) is 0 Å². The van der Waals surface area contributed by atoms with Crippen molar-refractivity contribution in [3.05, 3.63) is 52.2 Å². The van der Waals surface area contributed by atoms with Crippen molar-refractivity contribution in [2.45, 2.75) is 32.3 Å². The molecule has 1 fully saturated rings. The van der Waals surface area contributed by atoms with E-state index < -0.39 is 0 Å². The molecule has 0 saturated carbocycles. The Hall–Kier alpha value is -2.98. The van der Waals surface area contributed by atoms with E-state index in [1.54, 1.807) is 25.6 Å². The lowest BCUT2D eigenvalue weighted by Crippen LogP contribution is -2.37. The molecule has 1 aromatic carbocycles. The van der Waals surface area contributed by atoms with E-state index in [1.165, 1.54) is 0 Å². The van der Waals surface area contributed by atoms with Gasteiger partial charge in [0.15, 0.2) is 17.2 Å². The first-order valence-electron chi connectivity index (χ1n) is 9.93. The predicted molar refractivity (Wildman–Crippen MR) is 120 cm³/mol. The molecule has 1 saturated heterocycles. The quantitative estimate of drug-likeness (QED) is 0.455. The summed E-state index contributed by atoms with van der Waals surface area (Å²) in [7, 11) is 3.17. The van der Waals surface area contributed by atoms with Crippen molar-refractivity contribution in [2.75, 3.05) is 32.2 Å². The SMILES string of the molecule is [C-]#[N+]/C(=C\c1ccc(N2CCC(OC(=O)CC)CC2)s1)c1ccc(OC)c(OC)c1. The van der Waals surface area contributed by atoms with E-state index in [4.69, 9.17) is 20.8 Å². The van der Waals surface area contributed by atoms with E-state index in [0.717, 1.165) is 41.4 Å². The molecule has 30 heavy (non-hydrogen) atoms. The van der Waals surface area contributed by atoms with Crippen LogP contribution in [0.5, 0.6) is 11.5 Å². The first kappa shape index (κ1) is 21.7. The van der Waals surface area contributed by atoms with Crippen LogP contribution in [0.25, 0.3) is 16.6 Å². The zero-order chi connectivity index (χ0) is 21.5. The fourth-order valence-electron chi connectivity index (χ4n) is 3.36. The Kier molecular flexibility index (Phi) is 7.36. The molecule has 0 spiro atoms. The molecule has 0 bridgehead atoms. The van der Waals surface area contributed by atoms with Gasteiger partial charge in [0, 0.05) is 37.2 Å². The van der Waals surface area contributed by atoms with Crippen molar-refractivity contribution in [1.29, 1.82) is 0 Å². The standard InChI is InChI=1S/C23H26N2O4S/c1-5-23(26)29-17-10-12-25(13-11-17)22-9-7-18(30-22)15-19(24-2)16-6-8-20(27-3)21(14-16)28-4/h6-9,14-15,17H,5,10-13H2,1,3-4H3/b19-15-. The van der Waals surface area contributed by atoms with Crippen LogP contribution >= 0.6 is 11.3 Å². The summed E-state index contributed by atoms with van der Waals surface area (Å²) in [5.74, 6) is 1.11. The lowest BCUT2D eigenvalue weighted by Gasteiger charge is -2.32. The van der Waals surface area contributed by atoms with Crippen LogP contribution in [0, 0.1) is 6.57 Å². The van der Waals surface area contributed by atoms with Gasteiger partial charge >= 0.3 is 5.97 Å². The summed E-state index contributed by atoms with van der Waals surface area (Å²) in [6.07, 6.45) is 4.02. The zero-order valence-electron chi connectivity index (χ0n) is 17.5. The van der Waals surface area contributed by atoms with Gasteiger partial charge in [-0.05, 0) is 35.9 Å². The molecule has 0 aliphatic carbocycles. The van der Waals surface area contributed by atoms with Crippen LogP contribution in [0.1, 0.15) is 36.6 Å². The molecular weight excluding hydrogens is 400 g/mol. The number of anilines is 1. The molecule has 1 aromatic heterocycles. The van der Waals surface area contributed by atoms with Crippen molar-refractivity contribution < 1.29 is 19.0 Å². The zero-order valence-corrected chi connectivity index (χ0v) is 18.3. The number of carbonyl (C=O) groups excluding carboxylic acids is 1. The highest BCUT2D eigenvalue weighted by atomic mass is 32.1. The van der Waals surface area contributed by atoms with Gasteiger partial charge in [-0.3, -0.25) is 4.79 Å². The monoisotopic (exact) mass is 426 g/mol. The normalized spacial score (nSPS) is 14.9. The summed E-state index contributed by atoms with van der Waals surface area (Å²) in [4.78, 5) is 18.5. The third-order valence-electron chi connectivity index (χ3n) is 5.03. The summed E-state index contributed by atoms with van der Waals surface area (Å²) in [6.45, 7) is 11.1. The van der Waals surface area contributed by atoms with Crippen LogP contribution in [0.2, 0.25) is 0 Å². The molecule has 1 aliphatic heterocycles. The van der Waals surface area contributed by atoms with Crippen LogP contribution in [-0.4, -0.2) is 39.4 Å². The fourth-order valence-corrected chi connectivity index (χ4v) is 4.36. The molecule has 0 N–H and O–H groups in total. The number of piperidine rings is 1. The summed E-state index contributed by atoms with van der Waals surface area (Å²) in [5.41, 5.74) is 1.34. The van der Waals surface area contributed by atoms with Gasteiger partial charge in [0.25, 0.3) is 0 Å². The minimum absolute atomic E-state index is 0.0202. The second kappa shape index (κ2) is 10.2. The van der Waals surface area contributed by atoms with Gasteiger partial charge in [0.1, 0.15) is 6.10 Å². The summed E-state index contributed by atoms with van der Waals surface area (Å²) >= 11 is 1.66. The van der Waals surface area contributed by atoms with Crippen LogP contribution < -0.4 is 14.4 Å². The van der Waals surface area contributed by atoms with E-state index in [0.29, 0.717) is 23.6 Å². The van der Waals surface area contributed by atoms with Gasteiger partial charge in [-0.25, -0.2) is 4.85 Å². The first-order valence-corrected chi connectivity index (χ1v) is 10.7. The van der Waals surface area contributed by atoms with Crippen LogP contribution in [-0.2, 0) is 9.53 Å². The lowest BCUT2D eigenvalue weighted by atomic mass is 10.1. The molecule has 0 unspecified atom stereocenters. The third kappa shape index (κ3) is 5.14. The van der Waals surface area contributed by atoms with E-state index in [2.05, 4.69) is 15.8 Å². The Labute approximate surface area is 181 Å². The average molecular weight is 427 g/mol. The lowest BCUT2D eigenvalue weighted by molar-refractivity contribution is -0.149. The van der Waals surface area contributed by atoms with Gasteiger partial charge in [0.05, 0.1) is 25.8 Å². The summed E-state index contributed by atoms with van der Waals surface area (Å²) < 4.78 is 16.1. The highest BCUT2D eigenvalue weighted by molar-refractivity contribution is 7.17.